The topological polar surface area (TPSA) is 75.4 Å². The molecule has 0 unspecified atom stereocenters. The molecule has 0 spiro atoms. The van der Waals surface area contributed by atoms with E-state index in [0.717, 1.165) is 24.2 Å². The van der Waals surface area contributed by atoms with E-state index in [-0.39, 0.29) is 11.8 Å². The van der Waals surface area contributed by atoms with Gasteiger partial charge in [-0.05, 0) is 31.0 Å². The molecule has 0 aromatic heterocycles. The van der Waals surface area contributed by atoms with E-state index < -0.39 is 6.04 Å². The van der Waals surface area contributed by atoms with Crippen molar-refractivity contribution < 1.29 is 9.59 Å². The highest BCUT2D eigenvalue weighted by Gasteiger charge is 2.21. The Morgan fingerprint density at radius 1 is 1.42 bits per heavy atom. The summed E-state index contributed by atoms with van der Waals surface area (Å²) >= 11 is 0. The molecule has 1 aromatic carbocycles. The summed E-state index contributed by atoms with van der Waals surface area (Å²) in [5, 5.41) is 2.75. The number of hydrogen-bond acceptors (Lipinski definition) is 3. The molecular weight excluding hydrogens is 242 g/mol. The molecule has 1 atom stereocenters. The monoisotopic (exact) mass is 261 g/mol. The van der Waals surface area contributed by atoms with Gasteiger partial charge in [-0.2, -0.15) is 0 Å². The lowest BCUT2D eigenvalue weighted by atomic mass is 10.2. The van der Waals surface area contributed by atoms with E-state index >= 15 is 0 Å². The average Bonchev–Trinajstić information content (AvgIpc) is 2.82. The minimum atomic E-state index is -0.499. The molecule has 1 heterocycles. The van der Waals surface area contributed by atoms with E-state index in [1.54, 1.807) is 11.8 Å². The van der Waals surface area contributed by atoms with Crippen LogP contribution in [0.3, 0.4) is 0 Å². The van der Waals surface area contributed by atoms with Crippen molar-refractivity contribution in [3.05, 3.63) is 29.8 Å². The van der Waals surface area contributed by atoms with Crippen LogP contribution < -0.4 is 16.0 Å². The molecule has 1 aromatic rings. The molecule has 102 valence electrons. The van der Waals surface area contributed by atoms with Crippen LogP contribution in [0, 0.1) is 0 Å². The summed E-state index contributed by atoms with van der Waals surface area (Å²) in [5.74, 6) is 0.0109. The number of carbonyl (C=O) groups excluding carboxylic acids is 2. The Kier molecular flexibility index (Phi) is 4.16. The van der Waals surface area contributed by atoms with E-state index in [9.17, 15) is 9.59 Å². The first-order valence-electron chi connectivity index (χ1n) is 6.50. The highest BCUT2D eigenvalue weighted by molar-refractivity contribution is 5.95. The molecule has 0 aliphatic carbocycles. The zero-order chi connectivity index (χ0) is 13.8. The number of nitrogens with zero attached hydrogens (tertiary/aromatic N) is 1. The first-order chi connectivity index (χ1) is 9.08. The predicted octanol–water partition coefficient (Wildman–Crippen LogP) is 0.777. The number of rotatable bonds is 4. The SMILES string of the molecule is C[C@@H](N)C(=O)NCc1ccc(N2CCCC2=O)cc1. The molecular formula is C14H19N3O2. The van der Waals surface area contributed by atoms with Gasteiger partial charge in [0, 0.05) is 25.2 Å². The first-order valence-corrected chi connectivity index (χ1v) is 6.50. The fourth-order valence-corrected chi connectivity index (χ4v) is 2.07. The minimum Gasteiger partial charge on any atom is -0.351 e. The number of carbonyl (C=O) groups is 2. The summed E-state index contributed by atoms with van der Waals surface area (Å²) in [6, 6.07) is 7.17. The first kappa shape index (κ1) is 13.5. The molecule has 19 heavy (non-hydrogen) atoms. The summed E-state index contributed by atoms with van der Waals surface area (Å²) < 4.78 is 0. The Morgan fingerprint density at radius 2 is 2.11 bits per heavy atom. The second-order valence-corrected chi connectivity index (χ2v) is 4.82. The third kappa shape index (κ3) is 3.32. The fraction of sp³-hybridized carbons (Fsp3) is 0.429. The molecule has 5 heteroatoms. The van der Waals surface area contributed by atoms with Gasteiger partial charge in [0.15, 0.2) is 0 Å². The van der Waals surface area contributed by atoms with Crippen LogP contribution in [0.25, 0.3) is 0 Å². The predicted molar refractivity (Wildman–Crippen MR) is 73.5 cm³/mol. The Morgan fingerprint density at radius 3 is 2.63 bits per heavy atom. The Balaban J connectivity index is 1.95. The van der Waals surface area contributed by atoms with E-state index in [0.29, 0.717) is 13.0 Å². The van der Waals surface area contributed by atoms with Gasteiger partial charge in [0.05, 0.1) is 6.04 Å². The normalized spacial score (nSPS) is 16.5. The van der Waals surface area contributed by atoms with Gasteiger partial charge < -0.3 is 16.0 Å². The highest BCUT2D eigenvalue weighted by atomic mass is 16.2. The van der Waals surface area contributed by atoms with E-state index in [1.165, 1.54) is 0 Å². The van der Waals surface area contributed by atoms with Gasteiger partial charge in [-0.15, -0.1) is 0 Å². The van der Waals surface area contributed by atoms with E-state index in [1.807, 2.05) is 24.3 Å². The van der Waals surface area contributed by atoms with Crippen LogP contribution in [0.2, 0.25) is 0 Å². The summed E-state index contributed by atoms with van der Waals surface area (Å²) in [6.07, 6.45) is 1.55. The molecule has 1 aliphatic rings. The van der Waals surface area contributed by atoms with Crippen LogP contribution in [0.15, 0.2) is 24.3 Å². The number of hydrogen-bond donors (Lipinski definition) is 2. The molecule has 5 nitrogen and oxygen atoms in total. The standard InChI is InChI=1S/C14H19N3O2/c1-10(15)14(19)16-9-11-4-6-12(7-5-11)17-8-2-3-13(17)18/h4-7,10H,2-3,8-9,15H2,1H3,(H,16,19)/t10-/m1/s1. The van der Waals surface area contributed by atoms with Gasteiger partial charge in [-0.3, -0.25) is 9.59 Å². The summed E-state index contributed by atoms with van der Waals surface area (Å²) in [7, 11) is 0. The maximum atomic E-state index is 11.6. The molecule has 1 aliphatic heterocycles. The molecule has 0 radical (unpaired) electrons. The van der Waals surface area contributed by atoms with Crippen molar-refractivity contribution in [1.29, 1.82) is 0 Å². The molecule has 0 saturated carbocycles. The van der Waals surface area contributed by atoms with Crippen molar-refractivity contribution in [3.63, 3.8) is 0 Å². The van der Waals surface area contributed by atoms with Gasteiger partial charge in [0.25, 0.3) is 0 Å². The quantitative estimate of drug-likeness (QED) is 0.841. The van der Waals surface area contributed by atoms with Crippen molar-refractivity contribution in [2.24, 2.45) is 5.73 Å². The number of anilines is 1. The van der Waals surface area contributed by atoms with Crippen molar-refractivity contribution in [2.75, 3.05) is 11.4 Å². The third-order valence-corrected chi connectivity index (χ3v) is 3.20. The molecule has 2 rings (SSSR count). The molecule has 3 N–H and O–H groups in total. The maximum absolute atomic E-state index is 11.6. The Hall–Kier alpha value is -1.88. The number of nitrogens with two attached hydrogens (primary N) is 1. The minimum absolute atomic E-state index is 0.168. The lowest BCUT2D eigenvalue weighted by Gasteiger charge is -2.16. The molecule has 2 amide bonds. The second kappa shape index (κ2) is 5.84. The van der Waals surface area contributed by atoms with Gasteiger partial charge in [0.1, 0.15) is 0 Å². The Labute approximate surface area is 112 Å². The molecule has 0 bridgehead atoms. The second-order valence-electron chi connectivity index (χ2n) is 4.82. The van der Waals surface area contributed by atoms with Crippen molar-refractivity contribution in [1.82, 2.24) is 5.32 Å². The molecule has 1 saturated heterocycles. The number of amides is 2. The van der Waals surface area contributed by atoms with Crippen LogP contribution in [0.1, 0.15) is 25.3 Å². The zero-order valence-corrected chi connectivity index (χ0v) is 11.1. The van der Waals surface area contributed by atoms with Gasteiger partial charge in [-0.25, -0.2) is 0 Å². The van der Waals surface area contributed by atoms with Gasteiger partial charge >= 0.3 is 0 Å². The van der Waals surface area contributed by atoms with Crippen LogP contribution in [-0.2, 0) is 16.1 Å². The largest absolute Gasteiger partial charge is 0.351 e. The summed E-state index contributed by atoms with van der Waals surface area (Å²) in [4.78, 5) is 24.7. The van der Waals surface area contributed by atoms with Crippen LogP contribution in [0.5, 0.6) is 0 Å². The van der Waals surface area contributed by atoms with Crippen LogP contribution >= 0.6 is 0 Å². The lowest BCUT2D eigenvalue weighted by Crippen LogP contribution is -2.37. The van der Waals surface area contributed by atoms with E-state index in [2.05, 4.69) is 5.32 Å². The Bertz CT molecular complexity index is 468. The van der Waals surface area contributed by atoms with Crippen molar-refractivity contribution in [3.8, 4) is 0 Å². The lowest BCUT2D eigenvalue weighted by molar-refractivity contribution is -0.122. The number of nitrogens with one attached hydrogen (secondary N) is 1. The maximum Gasteiger partial charge on any atom is 0.236 e. The average molecular weight is 261 g/mol. The van der Waals surface area contributed by atoms with Crippen molar-refractivity contribution >= 4 is 17.5 Å². The highest BCUT2D eigenvalue weighted by Crippen LogP contribution is 2.21. The van der Waals surface area contributed by atoms with Crippen LogP contribution in [0.4, 0.5) is 5.69 Å². The zero-order valence-electron chi connectivity index (χ0n) is 11.1. The summed E-state index contributed by atoms with van der Waals surface area (Å²) in [6.45, 7) is 2.89. The van der Waals surface area contributed by atoms with Crippen molar-refractivity contribution in [2.45, 2.75) is 32.4 Å². The van der Waals surface area contributed by atoms with Gasteiger partial charge in [0.2, 0.25) is 11.8 Å². The molecule has 1 fully saturated rings. The third-order valence-electron chi connectivity index (χ3n) is 3.20. The van der Waals surface area contributed by atoms with Crippen LogP contribution in [-0.4, -0.2) is 24.4 Å². The number of benzene rings is 1. The smallest absolute Gasteiger partial charge is 0.236 e. The summed E-state index contributed by atoms with van der Waals surface area (Å²) in [5.41, 5.74) is 7.38. The van der Waals surface area contributed by atoms with E-state index in [4.69, 9.17) is 5.73 Å². The van der Waals surface area contributed by atoms with Gasteiger partial charge in [-0.1, -0.05) is 12.1 Å². The fourth-order valence-electron chi connectivity index (χ4n) is 2.07.